The van der Waals surface area contributed by atoms with Gasteiger partial charge in [-0.3, -0.25) is 9.59 Å². The zero-order valence-electron chi connectivity index (χ0n) is 17.8. The van der Waals surface area contributed by atoms with Crippen LogP contribution in [0.25, 0.3) is 0 Å². The molecule has 1 heterocycles. The van der Waals surface area contributed by atoms with Crippen LogP contribution in [0.3, 0.4) is 0 Å². The second-order valence-electron chi connectivity index (χ2n) is 7.42. The summed E-state index contributed by atoms with van der Waals surface area (Å²) in [5.41, 5.74) is 3.26. The van der Waals surface area contributed by atoms with Gasteiger partial charge in [-0.15, -0.1) is 11.3 Å². The van der Waals surface area contributed by atoms with Crippen LogP contribution in [0.15, 0.2) is 54.6 Å². The zero-order chi connectivity index (χ0) is 21.7. The van der Waals surface area contributed by atoms with Gasteiger partial charge in [-0.05, 0) is 43.7 Å². The maximum Gasteiger partial charge on any atom is 0.267 e. The number of hydrogen-bond acceptors (Lipinski definition) is 4. The predicted octanol–water partition coefficient (Wildman–Crippen LogP) is 5.42. The van der Waals surface area contributed by atoms with Crippen LogP contribution in [0.2, 0.25) is 0 Å². The number of aromatic nitrogens is 1. The molecule has 0 atom stereocenters. The van der Waals surface area contributed by atoms with E-state index in [4.69, 9.17) is 0 Å². The number of nitrogens with zero attached hydrogens (tertiary/aromatic N) is 2. The number of aryl methyl sites for hydroxylation is 1. The molecule has 2 amide bonds. The highest BCUT2D eigenvalue weighted by Crippen LogP contribution is 2.25. The average Bonchev–Trinajstić information content (AvgIpc) is 3.13. The number of carbonyl (C=O) groups excluding carboxylic acids is 2. The first-order valence-corrected chi connectivity index (χ1v) is 10.9. The minimum Gasteiger partial charge on any atom is -0.321 e. The highest BCUT2D eigenvalue weighted by Gasteiger charge is 2.17. The summed E-state index contributed by atoms with van der Waals surface area (Å²) in [7, 11) is 0. The van der Waals surface area contributed by atoms with Gasteiger partial charge in [0.2, 0.25) is 5.91 Å². The number of amides is 2. The van der Waals surface area contributed by atoms with Crippen LogP contribution in [0.5, 0.6) is 0 Å². The molecular weight excluding hydrogens is 394 g/mol. The monoisotopic (exact) mass is 421 g/mol. The number of para-hydroxylation sites is 1. The first-order chi connectivity index (χ1) is 14.4. The maximum absolute atomic E-state index is 12.7. The van der Waals surface area contributed by atoms with Crippen molar-refractivity contribution >= 4 is 34.5 Å². The van der Waals surface area contributed by atoms with Gasteiger partial charge in [0.15, 0.2) is 0 Å². The molecule has 3 aromatic rings. The molecule has 0 fully saturated rings. The van der Waals surface area contributed by atoms with Crippen molar-refractivity contribution in [3.8, 4) is 0 Å². The largest absolute Gasteiger partial charge is 0.321 e. The van der Waals surface area contributed by atoms with Crippen molar-refractivity contribution in [1.29, 1.82) is 0 Å². The molecule has 5 nitrogen and oxygen atoms in total. The fraction of sp³-hybridized carbons (Fsp3) is 0.292. The molecule has 1 N–H and O–H groups in total. The minimum absolute atomic E-state index is 0.0435. The van der Waals surface area contributed by atoms with Gasteiger partial charge in [0.05, 0.1) is 17.1 Å². The molecule has 2 aromatic carbocycles. The van der Waals surface area contributed by atoms with E-state index in [1.807, 2.05) is 68.4 Å². The molecule has 0 spiro atoms. The maximum atomic E-state index is 12.7. The van der Waals surface area contributed by atoms with E-state index in [1.165, 1.54) is 11.3 Å². The molecule has 0 saturated heterocycles. The van der Waals surface area contributed by atoms with Crippen molar-refractivity contribution in [1.82, 2.24) is 4.98 Å². The molecule has 1 aromatic heterocycles. The number of hydrogen-bond donors (Lipinski definition) is 1. The van der Waals surface area contributed by atoms with Crippen molar-refractivity contribution in [2.45, 2.75) is 40.0 Å². The molecule has 0 saturated carbocycles. The van der Waals surface area contributed by atoms with Crippen molar-refractivity contribution in [3.63, 3.8) is 0 Å². The topological polar surface area (TPSA) is 62.3 Å². The minimum atomic E-state index is -0.151. The van der Waals surface area contributed by atoms with Gasteiger partial charge in [0.25, 0.3) is 5.91 Å². The summed E-state index contributed by atoms with van der Waals surface area (Å²) in [6, 6.07) is 17.1. The van der Waals surface area contributed by atoms with E-state index in [2.05, 4.69) is 24.1 Å². The van der Waals surface area contributed by atoms with Crippen LogP contribution in [0.1, 0.15) is 52.6 Å². The summed E-state index contributed by atoms with van der Waals surface area (Å²) in [6.45, 7) is 8.58. The number of anilines is 2. The lowest BCUT2D eigenvalue weighted by atomic mass is 10.1. The van der Waals surface area contributed by atoms with Gasteiger partial charge in [-0.1, -0.05) is 44.2 Å². The van der Waals surface area contributed by atoms with E-state index in [0.717, 1.165) is 22.0 Å². The fourth-order valence-electron chi connectivity index (χ4n) is 3.15. The summed E-state index contributed by atoms with van der Waals surface area (Å²) in [5.74, 6) is 0.189. The summed E-state index contributed by atoms with van der Waals surface area (Å²) < 4.78 is 0. The molecule has 0 bridgehead atoms. The first-order valence-electron chi connectivity index (χ1n) is 10.1. The lowest BCUT2D eigenvalue weighted by Gasteiger charge is -2.21. The Balaban J connectivity index is 1.65. The van der Waals surface area contributed by atoms with Gasteiger partial charge in [0, 0.05) is 23.8 Å². The Morgan fingerprint density at radius 3 is 2.30 bits per heavy atom. The Kier molecular flexibility index (Phi) is 7.00. The number of nitrogens with one attached hydrogen (secondary N) is 1. The summed E-state index contributed by atoms with van der Waals surface area (Å²) in [5, 5.41) is 3.89. The Morgan fingerprint density at radius 2 is 1.73 bits per heavy atom. The Labute approximate surface area is 181 Å². The van der Waals surface area contributed by atoms with E-state index < -0.39 is 0 Å². The molecule has 0 unspecified atom stereocenters. The molecule has 0 aliphatic heterocycles. The van der Waals surface area contributed by atoms with Crippen LogP contribution in [-0.4, -0.2) is 23.3 Å². The number of benzene rings is 2. The average molecular weight is 422 g/mol. The van der Waals surface area contributed by atoms with Crippen molar-refractivity contribution in [3.05, 3.63) is 75.7 Å². The van der Waals surface area contributed by atoms with Gasteiger partial charge in [-0.25, -0.2) is 4.98 Å². The van der Waals surface area contributed by atoms with Crippen LogP contribution in [0.4, 0.5) is 11.4 Å². The van der Waals surface area contributed by atoms with Crippen molar-refractivity contribution < 1.29 is 9.59 Å². The van der Waals surface area contributed by atoms with Crippen LogP contribution < -0.4 is 10.2 Å². The fourth-order valence-corrected chi connectivity index (χ4v) is 4.11. The van der Waals surface area contributed by atoms with Gasteiger partial charge in [-0.2, -0.15) is 0 Å². The van der Waals surface area contributed by atoms with Crippen molar-refractivity contribution in [2.75, 3.05) is 16.8 Å². The molecule has 6 heteroatoms. The van der Waals surface area contributed by atoms with Crippen LogP contribution in [-0.2, 0) is 11.2 Å². The molecular formula is C24H27N3O2S. The number of rotatable bonds is 7. The third kappa shape index (κ3) is 5.13. The van der Waals surface area contributed by atoms with Crippen LogP contribution >= 0.6 is 11.3 Å². The highest BCUT2D eigenvalue weighted by atomic mass is 32.1. The Morgan fingerprint density at radius 1 is 1.07 bits per heavy atom. The molecule has 156 valence electrons. The quantitative estimate of drug-likeness (QED) is 0.554. The molecule has 0 aliphatic rings. The van der Waals surface area contributed by atoms with E-state index in [9.17, 15) is 9.59 Å². The number of likely N-dealkylation sites (N-methyl/N-ethyl adjacent to an activating group) is 1. The summed E-state index contributed by atoms with van der Waals surface area (Å²) in [6.07, 6.45) is 0.308. The molecule has 30 heavy (non-hydrogen) atoms. The second-order valence-corrected chi connectivity index (χ2v) is 8.45. The third-order valence-electron chi connectivity index (χ3n) is 4.77. The van der Waals surface area contributed by atoms with E-state index in [1.54, 1.807) is 4.90 Å². The van der Waals surface area contributed by atoms with Crippen LogP contribution in [0, 0.1) is 6.92 Å². The number of carbonyl (C=O) groups is 2. The van der Waals surface area contributed by atoms with Gasteiger partial charge < -0.3 is 10.2 Å². The van der Waals surface area contributed by atoms with E-state index >= 15 is 0 Å². The zero-order valence-corrected chi connectivity index (χ0v) is 18.6. The highest BCUT2D eigenvalue weighted by molar-refractivity contribution is 7.14. The molecule has 3 rings (SSSR count). The number of thiazole rings is 1. The SMILES string of the molecule is CCN(C(=O)Cc1ccc(NC(=O)c2sc(C(C)C)nc2C)cc1)c1ccccc1. The normalized spacial score (nSPS) is 10.8. The standard InChI is InChI=1S/C24H27N3O2S/c1-5-27(20-9-7-6-8-10-20)21(28)15-18-11-13-19(14-12-18)26-23(29)22-17(4)25-24(30-22)16(2)3/h6-14,16H,5,15H2,1-4H3,(H,26,29). The van der Waals surface area contributed by atoms with E-state index in [-0.39, 0.29) is 11.8 Å². The summed E-state index contributed by atoms with van der Waals surface area (Å²) in [4.78, 5) is 32.2. The summed E-state index contributed by atoms with van der Waals surface area (Å²) >= 11 is 1.44. The third-order valence-corrected chi connectivity index (χ3v) is 6.22. The lowest BCUT2D eigenvalue weighted by molar-refractivity contribution is -0.117. The Hall–Kier alpha value is -2.99. The molecule has 0 aliphatic carbocycles. The molecule has 0 radical (unpaired) electrons. The second kappa shape index (κ2) is 9.67. The first kappa shape index (κ1) is 21.7. The van der Waals surface area contributed by atoms with Gasteiger partial charge in [0.1, 0.15) is 4.88 Å². The van der Waals surface area contributed by atoms with Gasteiger partial charge >= 0.3 is 0 Å². The van der Waals surface area contributed by atoms with Crippen molar-refractivity contribution in [2.24, 2.45) is 0 Å². The Bertz CT molecular complexity index is 1010. The lowest BCUT2D eigenvalue weighted by Crippen LogP contribution is -2.31. The predicted molar refractivity (Wildman–Crippen MR) is 124 cm³/mol. The smallest absolute Gasteiger partial charge is 0.267 e. The van der Waals surface area contributed by atoms with E-state index in [0.29, 0.717) is 29.4 Å².